The summed E-state index contributed by atoms with van der Waals surface area (Å²) < 4.78 is 13.8. The van der Waals surface area contributed by atoms with E-state index in [1.165, 1.54) is 12.1 Å². The standard InChI is InChI=1S/C15H20FN3O2/c1-10(2)14(20)18-5-7-19(8-6-18)15(21)12-4-3-11(17)9-13(12)16/h3-4,9-10H,5-8,17H2,1-2H3. The van der Waals surface area contributed by atoms with E-state index in [0.29, 0.717) is 26.2 Å². The number of carbonyl (C=O) groups excluding carboxylic acids is 2. The molecule has 1 fully saturated rings. The van der Waals surface area contributed by atoms with Crippen molar-refractivity contribution in [1.82, 2.24) is 9.80 Å². The Bertz CT molecular complexity index is 552. The van der Waals surface area contributed by atoms with Crippen LogP contribution in [-0.2, 0) is 4.79 Å². The average molecular weight is 293 g/mol. The molecule has 6 heteroatoms. The van der Waals surface area contributed by atoms with Crippen LogP contribution >= 0.6 is 0 Å². The number of piperazine rings is 1. The second kappa shape index (κ2) is 6.11. The maximum Gasteiger partial charge on any atom is 0.256 e. The Labute approximate surface area is 123 Å². The minimum absolute atomic E-state index is 0.0211. The van der Waals surface area contributed by atoms with Gasteiger partial charge in [0.05, 0.1) is 5.56 Å². The topological polar surface area (TPSA) is 66.6 Å². The number of hydrogen-bond acceptors (Lipinski definition) is 3. The second-order valence-electron chi connectivity index (χ2n) is 5.51. The first kappa shape index (κ1) is 15.3. The first-order valence-corrected chi connectivity index (χ1v) is 7.03. The van der Waals surface area contributed by atoms with E-state index < -0.39 is 5.82 Å². The van der Waals surface area contributed by atoms with Gasteiger partial charge in [0.15, 0.2) is 0 Å². The van der Waals surface area contributed by atoms with Crippen LogP contribution < -0.4 is 5.73 Å². The van der Waals surface area contributed by atoms with Crippen LogP contribution in [0.5, 0.6) is 0 Å². The maximum absolute atomic E-state index is 13.8. The zero-order chi connectivity index (χ0) is 15.6. The molecule has 0 atom stereocenters. The van der Waals surface area contributed by atoms with Crippen LogP contribution in [0.15, 0.2) is 18.2 Å². The Hall–Kier alpha value is -2.11. The Morgan fingerprint density at radius 3 is 2.24 bits per heavy atom. The summed E-state index contributed by atoms with van der Waals surface area (Å²) in [6, 6.07) is 4.05. The lowest BCUT2D eigenvalue weighted by molar-refractivity contribution is -0.135. The molecule has 0 unspecified atom stereocenters. The van der Waals surface area contributed by atoms with Crippen LogP contribution in [0, 0.1) is 11.7 Å². The van der Waals surface area contributed by atoms with Crippen molar-refractivity contribution < 1.29 is 14.0 Å². The van der Waals surface area contributed by atoms with Gasteiger partial charge < -0.3 is 15.5 Å². The van der Waals surface area contributed by atoms with Crippen LogP contribution in [0.25, 0.3) is 0 Å². The minimum Gasteiger partial charge on any atom is -0.399 e. The van der Waals surface area contributed by atoms with E-state index in [0.717, 1.165) is 6.07 Å². The molecule has 1 saturated heterocycles. The molecule has 1 aromatic carbocycles. The predicted octanol–water partition coefficient (Wildman–Crippen LogP) is 1.35. The number of halogens is 1. The molecule has 1 aliphatic rings. The van der Waals surface area contributed by atoms with Crippen LogP contribution in [-0.4, -0.2) is 47.8 Å². The normalized spacial score (nSPS) is 15.4. The third-order valence-electron chi connectivity index (χ3n) is 3.60. The number of rotatable bonds is 2. The van der Waals surface area contributed by atoms with Crippen molar-refractivity contribution in [2.45, 2.75) is 13.8 Å². The summed E-state index contributed by atoms with van der Waals surface area (Å²) in [5.74, 6) is -0.938. The number of amides is 2. The van der Waals surface area contributed by atoms with Crippen molar-refractivity contribution in [3.05, 3.63) is 29.6 Å². The first-order valence-electron chi connectivity index (χ1n) is 7.03. The molecule has 0 radical (unpaired) electrons. The third kappa shape index (κ3) is 3.32. The van der Waals surface area contributed by atoms with Crippen molar-refractivity contribution in [2.75, 3.05) is 31.9 Å². The lowest BCUT2D eigenvalue weighted by Crippen LogP contribution is -2.51. The molecule has 21 heavy (non-hydrogen) atoms. The summed E-state index contributed by atoms with van der Waals surface area (Å²) in [5.41, 5.74) is 5.79. The molecule has 0 aliphatic carbocycles. The molecule has 2 N–H and O–H groups in total. The molecule has 1 aromatic rings. The molecular weight excluding hydrogens is 273 g/mol. The van der Waals surface area contributed by atoms with Crippen LogP contribution in [0.4, 0.5) is 10.1 Å². The summed E-state index contributed by atoms with van der Waals surface area (Å²) in [7, 11) is 0. The lowest BCUT2D eigenvalue weighted by atomic mass is 10.1. The summed E-state index contributed by atoms with van der Waals surface area (Å²) in [6.45, 7) is 5.51. The number of hydrogen-bond donors (Lipinski definition) is 1. The van der Waals surface area contributed by atoms with Gasteiger partial charge in [0, 0.05) is 37.8 Å². The van der Waals surface area contributed by atoms with Crippen LogP contribution in [0.1, 0.15) is 24.2 Å². The van der Waals surface area contributed by atoms with Crippen LogP contribution in [0.2, 0.25) is 0 Å². The number of nitrogens with zero attached hydrogens (tertiary/aromatic N) is 2. The minimum atomic E-state index is -0.610. The Balaban J connectivity index is 2.02. The van der Waals surface area contributed by atoms with Crippen molar-refractivity contribution in [3.8, 4) is 0 Å². The fourth-order valence-electron chi connectivity index (χ4n) is 2.37. The number of anilines is 1. The molecule has 114 valence electrons. The van der Waals surface area contributed by atoms with Crippen molar-refractivity contribution in [2.24, 2.45) is 5.92 Å². The van der Waals surface area contributed by atoms with Gasteiger partial charge in [-0.25, -0.2) is 4.39 Å². The van der Waals surface area contributed by atoms with Gasteiger partial charge >= 0.3 is 0 Å². The Kier molecular flexibility index (Phi) is 4.45. The van der Waals surface area contributed by atoms with E-state index in [-0.39, 0.29) is 29.0 Å². The highest BCUT2D eigenvalue weighted by atomic mass is 19.1. The molecule has 0 spiro atoms. The number of benzene rings is 1. The van der Waals surface area contributed by atoms with Crippen molar-refractivity contribution in [1.29, 1.82) is 0 Å². The highest BCUT2D eigenvalue weighted by molar-refractivity contribution is 5.95. The number of nitrogen functional groups attached to an aromatic ring is 1. The van der Waals surface area contributed by atoms with Gasteiger partial charge in [-0.3, -0.25) is 9.59 Å². The molecule has 1 heterocycles. The summed E-state index contributed by atoms with van der Waals surface area (Å²) in [4.78, 5) is 27.5. The molecule has 0 aromatic heterocycles. The number of carbonyl (C=O) groups is 2. The molecule has 5 nitrogen and oxygen atoms in total. The quantitative estimate of drug-likeness (QED) is 0.837. The number of nitrogens with two attached hydrogens (primary N) is 1. The fraction of sp³-hybridized carbons (Fsp3) is 0.467. The van der Waals surface area contributed by atoms with Gasteiger partial charge in [-0.1, -0.05) is 13.8 Å². The van der Waals surface area contributed by atoms with Gasteiger partial charge in [-0.05, 0) is 18.2 Å². The Morgan fingerprint density at radius 1 is 1.14 bits per heavy atom. The maximum atomic E-state index is 13.8. The van der Waals surface area contributed by atoms with E-state index in [2.05, 4.69) is 0 Å². The molecular formula is C15H20FN3O2. The summed E-state index contributed by atoms with van der Waals surface area (Å²) in [5, 5.41) is 0. The first-order chi connectivity index (χ1) is 9.90. The van der Waals surface area contributed by atoms with Gasteiger partial charge in [0.25, 0.3) is 5.91 Å². The highest BCUT2D eigenvalue weighted by Crippen LogP contribution is 2.16. The van der Waals surface area contributed by atoms with E-state index in [1.807, 2.05) is 13.8 Å². The third-order valence-corrected chi connectivity index (χ3v) is 3.60. The predicted molar refractivity (Wildman–Crippen MR) is 78.1 cm³/mol. The summed E-state index contributed by atoms with van der Waals surface area (Å²) >= 11 is 0. The lowest BCUT2D eigenvalue weighted by Gasteiger charge is -2.35. The average Bonchev–Trinajstić information content (AvgIpc) is 2.46. The second-order valence-corrected chi connectivity index (χ2v) is 5.51. The van der Waals surface area contributed by atoms with E-state index >= 15 is 0 Å². The smallest absolute Gasteiger partial charge is 0.256 e. The van der Waals surface area contributed by atoms with Gasteiger partial charge in [0.2, 0.25) is 5.91 Å². The van der Waals surface area contributed by atoms with Gasteiger partial charge in [-0.15, -0.1) is 0 Å². The largest absolute Gasteiger partial charge is 0.399 e. The van der Waals surface area contributed by atoms with E-state index in [4.69, 9.17) is 5.73 Å². The van der Waals surface area contributed by atoms with Gasteiger partial charge in [-0.2, -0.15) is 0 Å². The Morgan fingerprint density at radius 2 is 1.71 bits per heavy atom. The summed E-state index contributed by atoms with van der Waals surface area (Å²) in [6.07, 6.45) is 0. The zero-order valence-electron chi connectivity index (χ0n) is 12.3. The monoisotopic (exact) mass is 293 g/mol. The molecule has 2 amide bonds. The molecule has 2 rings (SSSR count). The van der Waals surface area contributed by atoms with Gasteiger partial charge in [0.1, 0.15) is 5.82 Å². The van der Waals surface area contributed by atoms with Crippen molar-refractivity contribution >= 4 is 17.5 Å². The van der Waals surface area contributed by atoms with E-state index in [1.54, 1.807) is 9.80 Å². The van der Waals surface area contributed by atoms with Crippen molar-refractivity contribution in [3.63, 3.8) is 0 Å². The fourth-order valence-corrected chi connectivity index (χ4v) is 2.37. The van der Waals surface area contributed by atoms with Crippen LogP contribution in [0.3, 0.4) is 0 Å². The SMILES string of the molecule is CC(C)C(=O)N1CCN(C(=O)c2ccc(N)cc2F)CC1. The highest BCUT2D eigenvalue weighted by Gasteiger charge is 2.27. The molecule has 0 bridgehead atoms. The molecule has 0 saturated carbocycles. The molecule has 1 aliphatic heterocycles. The zero-order valence-corrected chi connectivity index (χ0v) is 12.3. The van der Waals surface area contributed by atoms with E-state index in [9.17, 15) is 14.0 Å².